The van der Waals surface area contributed by atoms with E-state index in [-0.39, 0.29) is 6.04 Å². The number of fused-ring (bicyclic) bond motifs is 1. The van der Waals surface area contributed by atoms with E-state index in [2.05, 4.69) is 18.4 Å². The van der Waals surface area contributed by atoms with Crippen LogP contribution in [-0.4, -0.2) is 18.6 Å². The number of hydrogen-bond donors (Lipinski definition) is 1. The van der Waals surface area contributed by atoms with E-state index in [1.54, 1.807) is 0 Å². The van der Waals surface area contributed by atoms with Gasteiger partial charge in [-0.2, -0.15) is 11.8 Å². The van der Waals surface area contributed by atoms with Crippen LogP contribution in [0.1, 0.15) is 30.0 Å². The predicted molar refractivity (Wildman–Crippen MR) is 70.2 cm³/mol. The summed E-state index contributed by atoms with van der Waals surface area (Å²) in [5.41, 5.74) is 8.67. The van der Waals surface area contributed by atoms with Gasteiger partial charge in [-0.05, 0) is 54.5 Å². The third kappa shape index (κ3) is 2.71. The summed E-state index contributed by atoms with van der Waals surface area (Å²) in [6.45, 7) is 0.811. The standard InChI is InChI=1S/C13H19NOS/c1-16-8-2-7-15-11-4-5-12-10(9-11)3-6-13(12)14/h4-5,9,13H,2-3,6-8,14H2,1H3/t13-/m0/s1. The summed E-state index contributed by atoms with van der Waals surface area (Å²) in [7, 11) is 0. The first-order valence-electron chi connectivity index (χ1n) is 5.81. The van der Waals surface area contributed by atoms with E-state index in [4.69, 9.17) is 10.5 Å². The lowest BCUT2D eigenvalue weighted by molar-refractivity contribution is 0.318. The van der Waals surface area contributed by atoms with Gasteiger partial charge in [0.05, 0.1) is 6.61 Å². The molecule has 88 valence electrons. The average molecular weight is 237 g/mol. The first-order valence-corrected chi connectivity index (χ1v) is 7.21. The lowest BCUT2D eigenvalue weighted by atomic mass is 10.1. The molecule has 1 aliphatic rings. The number of thioether (sulfide) groups is 1. The molecular weight excluding hydrogens is 218 g/mol. The van der Waals surface area contributed by atoms with Gasteiger partial charge in [0.1, 0.15) is 5.75 Å². The molecule has 0 aliphatic heterocycles. The molecule has 0 amide bonds. The van der Waals surface area contributed by atoms with Crippen LogP contribution in [0.4, 0.5) is 0 Å². The van der Waals surface area contributed by atoms with Crippen molar-refractivity contribution < 1.29 is 4.74 Å². The summed E-state index contributed by atoms with van der Waals surface area (Å²) in [5.74, 6) is 2.16. The minimum atomic E-state index is 0.237. The number of hydrogen-bond acceptors (Lipinski definition) is 3. The van der Waals surface area contributed by atoms with E-state index < -0.39 is 0 Å². The van der Waals surface area contributed by atoms with E-state index >= 15 is 0 Å². The van der Waals surface area contributed by atoms with E-state index in [1.807, 2.05) is 17.8 Å². The predicted octanol–water partition coefficient (Wildman–Crippen LogP) is 2.76. The Kier molecular flexibility index (Phi) is 4.13. The number of aryl methyl sites for hydroxylation is 1. The molecule has 0 saturated heterocycles. The normalized spacial score (nSPS) is 18.5. The topological polar surface area (TPSA) is 35.2 Å². The minimum absolute atomic E-state index is 0.237. The highest BCUT2D eigenvalue weighted by atomic mass is 32.2. The Labute approximate surface area is 102 Å². The Morgan fingerprint density at radius 1 is 1.50 bits per heavy atom. The molecule has 2 N–H and O–H groups in total. The Hall–Kier alpha value is -0.670. The van der Waals surface area contributed by atoms with Gasteiger partial charge in [0.2, 0.25) is 0 Å². The van der Waals surface area contributed by atoms with Crippen molar-refractivity contribution in [3.63, 3.8) is 0 Å². The van der Waals surface area contributed by atoms with Gasteiger partial charge in [0, 0.05) is 6.04 Å². The second kappa shape index (κ2) is 5.60. The van der Waals surface area contributed by atoms with Crippen molar-refractivity contribution >= 4 is 11.8 Å². The van der Waals surface area contributed by atoms with Crippen molar-refractivity contribution in [2.24, 2.45) is 5.73 Å². The van der Waals surface area contributed by atoms with Crippen LogP contribution in [0, 0.1) is 0 Å². The fourth-order valence-corrected chi connectivity index (χ4v) is 2.52. The third-order valence-electron chi connectivity index (χ3n) is 3.00. The van der Waals surface area contributed by atoms with Crippen LogP contribution in [-0.2, 0) is 6.42 Å². The zero-order valence-corrected chi connectivity index (χ0v) is 10.6. The van der Waals surface area contributed by atoms with Crippen molar-refractivity contribution in [2.75, 3.05) is 18.6 Å². The molecule has 0 unspecified atom stereocenters. The van der Waals surface area contributed by atoms with Crippen LogP contribution in [0.15, 0.2) is 18.2 Å². The fraction of sp³-hybridized carbons (Fsp3) is 0.538. The molecule has 2 rings (SSSR count). The van der Waals surface area contributed by atoms with E-state index in [9.17, 15) is 0 Å². The average Bonchev–Trinajstić information content (AvgIpc) is 2.66. The highest BCUT2D eigenvalue weighted by Gasteiger charge is 2.18. The van der Waals surface area contributed by atoms with Gasteiger partial charge in [-0.1, -0.05) is 6.07 Å². The molecule has 1 aliphatic carbocycles. The zero-order chi connectivity index (χ0) is 11.4. The quantitative estimate of drug-likeness (QED) is 0.800. The minimum Gasteiger partial charge on any atom is -0.494 e. The maximum atomic E-state index is 5.99. The maximum Gasteiger partial charge on any atom is 0.119 e. The van der Waals surface area contributed by atoms with Crippen LogP contribution in [0.3, 0.4) is 0 Å². The maximum absolute atomic E-state index is 5.99. The lowest BCUT2D eigenvalue weighted by Crippen LogP contribution is -2.05. The summed E-state index contributed by atoms with van der Waals surface area (Å²) in [5, 5.41) is 0. The monoisotopic (exact) mass is 237 g/mol. The molecule has 0 spiro atoms. The van der Waals surface area contributed by atoms with Crippen LogP contribution < -0.4 is 10.5 Å². The number of nitrogens with two attached hydrogens (primary N) is 1. The Balaban J connectivity index is 1.92. The molecule has 0 radical (unpaired) electrons. The van der Waals surface area contributed by atoms with Gasteiger partial charge >= 0.3 is 0 Å². The largest absolute Gasteiger partial charge is 0.494 e. The molecular formula is C13H19NOS. The SMILES string of the molecule is CSCCCOc1ccc2c(c1)CC[C@@H]2N. The van der Waals surface area contributed by atoms with Crippen LogP contribution >= 0.6 is 11.8 Å². The van der Waals surface area contributed by atoms with Crippen LogP contribution in [0.2, 0.25) is 0 Å². The number of ether oxygens (including phenoxy) is 1. The van der Waals surface area contributed by atoms with Crippen LogP contribution in [0.25, 0.3) is 0 Å². The zero-order valence-electron chi connectivity index (χ0n) is 9.74. The van der Waals surface area contributed by atoms with Crippen molar-refractivity contribution in [3.05, 3.63) is 29.3 Å². The third-order valence-corrected chi connectivity index (χ3v) is 3.70. The highest BCUT2D eigenvalue weighted by molar-refractivity contribution is 7.98. The first kappa shape index (κ1) is 11.8. The van der Waals surface area contributed by atoms with Crippen molar-refractivity contribution in [1.82, 2.24) is 0 Å². The van der Waals surface area contributed by atoms with Crippen molar-refractivity contribution in [3.8, 4) is 5.75 Å². The van der Waals surface area contributed by atoms with Crippen molar-refractivity contribution in [2.45, 2.75) is 25.3 Å². The van der Waals surface area contributed by atoms with Gasteiger partial charge in [-0.25, -0.2) is 0 Å². The summed E-state index contributed by atoms with van der Waals surface area (Å²) >= 11 is 1.86. The molecule has 16 heavy (non-hydrogen) atoms. The molecule has 2 nitrogen and oxygen atoms in total. The molecule has 0 heterocycles. The van der Waals surface area contributed by atoms with E-state index in [0.29, 0.717) is 0 Å². The summed E-state index contributed by atoms with van der Waals surface area (Å²) in [6.07, 6.45) is 5.40. The molecule has 0 saturated carbocycles. The molecule has 1 aromatic rings. The molecule has 0 fully saturated rings. The van der Waals surface area contributed by atoms with Gasteiger partial charge in [0.25, 0.3) is 0 Å². The van der Waals surface area contributed by atoms with E-state index in [0.717, 1.165) is 37.4 Å². The smallest absolute Gasteiger partial charge is 0.119 e. The van der Waals surface area contributed by atoms with Crippen LogP contribution in [0.5, 0.6) is 5.75 Å². The Morgan fingerprint density at radius 2 is 2.38 bits per heavy atom. The van der Waals surface area contributed by atoms with Gasteiger partial charge in [0.15, 0.2) is 0 Å². The molecule has 3 heteroatoms. The second-order valence-electron chi connectivity index (χ2n) is 4.20. The summed E-state index contributed by atoms with van der Waals surface area (Å²) in [6, 6.07) is 6.56. The first-order chi connectivity index (χ1) is 7.81. The highest BCUT2D eigenvalue weighted by Crippen LogP contribution is 2.31. The molecule has 1 atom stereocenters. The number of benzene rings is 1. The number of rotatable bonds is 5. The molecule has 1 aromatic carbocycles. The Morgan fingerprint density at radius 3 is 3.19 bits per heavy atom. The van der Waals surface area contributed by atoms with Gasteiger partial charge < -0.3 is 10.5 Å². The summed E-state index contributed by atoms with van der Waals surface area (Å²) < 4.78 is 5.71. The lowest BCUT2D eigenvalue weighted by Gasteiger charge is -2.09. The van der Waals surface area contributed by atoms with Gasteiger partial charge in [-0.15, -0.1) is 0 Å². The Bertz CT molecular complexity index is 354. The van der Waals surface area contributed by atoms with Crippen molar-refractivity contribution in [1.29, 1.82) is 0 Å². The molecule has 0 bridgehead atoms. The van der Waals surface area contributed by atoms with E-state index in [1.165, 1.54) is 11.1 Å². The van der Waals surface area contributed by atoms with Gasteiger partial charge in [-0.3, -0.25) is 0 Å². The second-order valence-corrected chi connectivity index (χ2v) is 5.19. The fourth-order valence-electron chi connectivity index (χ4n) is 2.11. The molecule has 0 aromatic heterocycles. The summed E-state index contributed by atoms with van der Waals surface area (Å²) in [4.78, 5) is 0.